The third-order valence-corrected chi connectivity index (χ3v) is 1.80. The fraction of sp³-hybridized carbons (Fsp3) is 0.100. The van der Waals surface area contributed by atoms with Crippen molar-refractivity contribution in [2.24, 2.45) is 5.73 Å². The molecule has 0 aliphatic carbocycles. The standard InChI is InChI=1S/C10H11NO3/c11-6-8(10(13)14)9(12)7-4-2-1-3-5-7/h1-5,12H,6,11H2,(H,13,14). The molecule has 1 aromatic carbocycles. The third-order valence-electron chi connectivity index (χ3n) is 1.80. The highest BCUT2D eigenvalue weighted by Gasteiger charge is 2.12. The van der Waals surface area contributed by atoms with Crippen molar-refractivity contribution >= 4 is 11.7 Å². The number of aliphatic hydroxyl groups excluding tert-OH is 1. The Morgan fingerprint density at radius 3 is 2.21 bits per heavy atom. The number of carboxylic acid groups (broad SMARTS) is 1. The highest BCUT2D eigenvalue weighted by atomic mass is 16.4. The van der Waals surface area contributed by atoms with Gasteiger partial charge in [-0.25, -0.2) is 4.79 Å². The Morgan fingerprint density at radius 2 is 1.79 bits per heavy atom. The maximum absolute atomic E-state index is 10.6. The first-order valence-electron chi connectivity index (χ1n) is 4.07. The van der Waals surface area contributed by atoms with Crippen molar-refractivity contribution in [2.75, 3.05) is 6.54 Å². The van der Waals surface area contributed by atoms with E-state index in [0.717, 1.165) is 0 Å². The lowest BCUT2D eigenvalue weighted by molar-refractivity contribution is -0.132. The van der Waals surface area contributed by atoms with Gasteiger partial charge in [-0.3, -0.25) is 0 Å². The van der Waals surface area contributed by atoms with Gasteiger partial charge in [0.25, 0.3) is 0 Å². The second-order valence-corrected chi connectivity index (χ2v) is 2.70. The van der Waals surface area contributed by atoms with Gasteiger partial charge in [0.05, 0.1) is 5.57 Å². The maximum Gasteiger partial charge on any atom is 0.336 e. The van der Waals surface area contributed by atoms with Crippen molar-refractivity contribution in [3.05, 3.63) is 41.5 Å². The molecule has 14 heavy (non-hydrogen) atoms. The Labute approximate surface area is 81.3 Å². The predicted octanol–water partition coefficient (Wildman–Crippen LogP) is 0.999. The van der Waals surface area contributed by atoms with E-state index in [1.54, 1.807) is 30.3 Å². The number of nitrogens with two attached hydrogens (primary N) is 1. The van der Waals surface area contributed by atoms with Crippen LogP contribution in [0.2, 0.25) is 0 Å². The number of hydrogen-bond acceptors (Lipinski definition) is 3. The van der Waals surface area contributed by atoms with Crippen molar-refractivity contribution in [3.8, 4) is 0 Å². The van der Waals surface area contributed by atoms with Gasteiger partial charge in [-0.05, 0) is 0 Å². The average molecular weight is 193 g/mol. The molecule has 0 aliphatic rings. The van der Waals surface area contributed by atoms with E-state index in [1.807, 2.05) is 0 Å². The van der Waals surface area contributed by atoms with Gasteiger partial charge in [0, 0.05) is 12.1 Å². The normalized spacial score (nSPS) is 12.1. The number of hydrogen-bond donors (Lipinski definition) is 3. The van der Waals surface area contributed by atoms with Crippen LogP contribution in [-0.4, -0.2) is 22.7 Å². The summed E-state index contributed by atoms with van der Waals surface area (Å²) < 4.78 is 0. The zero-order chi connectivity index (χ0) is 10.6. The molecule has 0 unspecified atom stereocenters. The first kappa shape index (κ1) is 10.3. The molecule has 0 heterocycles. The Morgan fingerprint density at radius 1 is 1.21 bits per heavy atom. The van der Waals surface area contributed by atoms with Crippen molar-refractivity contribution in [1.82, 2.24) is 0 Å². The summed E-state index contributed by atoms with van der Waals surface area (Å²) in [5.41, 5.74) is 5.48. The Kier molecular flexibility index (Phi) is 3.25. The molecule has 0 bridgehead atoms. The fourth-order valence-electron chi connectivity index (χ4n) is 1.06. The lowest BCUT2D eigenvalue weighted by atomic mass is 10.1. The summed E-state index contributed by atoms with van der Waals surface area (Å²) in [6.07, 6.45) is 0. The number of carbonyl (C=O) groups is 1. The molecule has 4 N–H and O–H groups in total. The summed E-state index contributed by atoms with van der Waals surface area (Å²) in [6.45, 7) is -0.198. The maximum atomic E-state index is 10.6. The van der Waals surface area contributed by atoms with Gasteiger partial charge >= 0.3 is 5.97 Å². The molecule has 0 amide bonds. The smallest absolute Gasteiger partial charge is 0.336 e. The molecule has 1 rings (SSSR count). The van der Waals surface area contributed by atoms with E-state index in [0.29, 0.717) is 5.56 Å². The van der Waals surface area contributed by atoms with E-state index in [-0.39, 0.29) is 17.9 Å². The minimum absolute atomic E-state index is 0.184. The van der Waals surface area contributed by atoms with Crippen molar-refractivity contribution < 1.29 is 15.0 Å². The van der Waals surface area contributed by atoms with Gasteiger partial charge < -0.3 is 15.9 Å². The van der Waals surface area contributed by atoms with Gasteiger partial charge in [-0.2, -0.15) is 0 Å². The minimum atomic E-state index is -1.20. The number of rotatable bonds is 3. The molecule has 0 atom stereocenters. The van der Waals surface area contributed by atoms with E-state index in [1.165, 1.54) is 0 Å². The summed E-state index contributed by atoms with van der Waals surface area (Å²) in [4.78, 5) is 10.6. The van der Waals surface area contributed by atoms with Crippen LogP contribution in [0.3, 0.4) is 0 Å². The van der Waals surface area contributed by atoms with Crippen molar-refractivity contribution in [2.45, 2.75) is 0 Å². The van der Waals surface area contributed by atoms with E-state index in [9.17, 15) is 9.90 Å². The Bertz CT molecular complexity index is 357. The van der Waals surface area contributed by atoms with Gasteiger partial charge in [-0.15, -0.1) is 0 Å². The first-order chi connectivity index (χ1) is 6.66. The van der Waals surface area contributed by atoms with Gasteiger partial charge in [0.2, 0.25) is 0 Å². The number of benzene rings is 1. The van der Waals surface area contributed by atoms with Crippen LogP contribution in [0.4, 0.5) is 0 Å². The fourth-order valence-corrected chi connectivity index (χ4v) is 1.06. The molecule has 4 heteroatoms. The molecule has 0 aromatic heterocycles. The summed E-state index contributed by atoms with van der Waals surface area (Å²) in [5.74, 6) is -1.48. The van der Waals surface area contributed by atoms with Crippen LogP contribution < -0.4 is 5.73 Å². The van der Waals surface area contributed by atoms with Crippen LogP contribution in [0.1, 0.15) is 5.56 Å². The molecule has 0 fully saturated rings. The lowest BCUT2D eigenvalue weighted by Crippen LogP contribution is -2.14. The zero-order valence-electron chi connectivity index (χ0n) is 7.47. The molecule has 1 aromatic rings. The summed E-state index contributed by atoms with van der Waals surface area (Å²) in [5, 5.41) is 18.3. The second kappa shape index (κ2) is 4.43. The average Bonchev–Trinajstić information content (AvgIpc) is 2.19. The predicted molar refractivity (Wildman–Crippen MR) is 52.7 cm³/mol. The molecule has 4 nitrogen and oxygen atoms in total. The lowest BCUT2D eigenvalue weighted by Gasteiger charge is -2.04. The van der Waals surface area contributed by atoms with Gasteiger partial charge in [0.1, 0.15) is 5.76 Å². The summed E-state index contributed by atoms with van der Waals surface area (Å²) in [7, 11) is 0. The molecule has 0 spiro atoms. The number of aliphatic carboxylic acids is 1. The summed E-state index contributed by atoms with van der Waals surface area (Å²) in [6, 6.07) is 8.44. The van der Waals surface area contributed by atoms with E-state index in [4.69, 9.17) is 10.8 Å². The highest BCUT2D eigenvalue weighted by molar-refractivity contribution is 5.94. The molecular formula is C10H11NO3. The van der Waals surface area contributed by atoms with Crippen LogP contribution in [0.25, 0.3) is 5.76 Å². The van der Waals surface area contributed by atoms with Crippen LogP contribution in [0, 0.1) is 0 Å². The quantitative estimate of drug-likeness (QED) is 0.494. The SMILES string of the molecule is NCC(C(=O)O)=C(O)c1ccccc1. The minimum Gasteiger partial charge on any atom is -0.507 e. The van der Waals surface area contributed by atoms with Gasteiger partial charge in [-0.1, -0.05) is 30.3 Å². The van der Waals surface area contributed by atoms with E-state index < -0.39 is 5.97 Å². The van der Waals surface area contributed by atoms with Crippen molar-refractivity contribution in [3.63, 3.8) is 0 Å². The Balaban J connectivity index is 3.15. The highest BCUT2D eigenvalue weighted by Crippen LogP contribution is 2.14. The molecule has 0 aliphatic heterocycles. The molecule has 0 saturated heterocycles. The van der Waals surface area contributed by atoms with Crippen LogP contribution >= 0.6 is 0 Å². The third kappa shape index (κ3) is 2.11. The van der Waals surface area contributed by atoms with E-state index in [2.05, 4.69) is 0 Å². The molecule has 0 radical (unpaired) electrons. The molecule has 0 saturated carbocycles. The second-order valence-electron chi connectivity index (χ2n) is 2.70. The van der Waals surface area contributed by atoms with Crippen LogP contribution in [0.5, 0.6) is 0 Å². The van der Waals surface area contributed by atoms with Crippen molar-refractivity contribution in [1.29, 1.82) is 0 Å². The monoisotopic (exact) mass is 193 g/mol. The number of carboxylic acids is 1. The van der Waals surface area contributed by atoms with Gasteiger partial charge in [0.15, 0.2) is 0 Å². The summed E-state index contributed by atoms with van der Waals surface area (Å²) >= 11 is 0. The largest absolute Gasteiger partial charge is 0.507 e. The molecular weight excluding hydrogens is 182 g/mol. The topological polar surface area (TPSA) is 83.6 Å². The van der Waals surface area contributed by atoms with Crippen LogP contribution in [-0.2, 0) is 4.79 Å². The Hall–Kier alpha value is -1.81. The molecule has 74 valence electrons. The van der Waals surface area contributed by atoms with E-state index >= 15 is 0 Å². The zero-order valence-corrected chi connectivity index (χ0v) is 7.47. The number of aliphatic hydroxyl groups is 1. The first-order valence-corrected chi connectivity index (χ1v) is 4.07. The van der Waals surface area contributed by atoms with Crippen LogP contribution in [0.15, 0.2) is 35.9 Å².